The van der Waals surface area contributed by atoms with Gasteiger partial charge in [-0.15, -0.1) is 0 Å². The largest absolute Gasteiger partial charge is 0.254 e. The molecule has 276 valence electrons. The van der Waals surface area contributed by atoms with E-state index in [9.17, 15) is 0 Å². The van der Waals surface area contributed by atoms with Gasteiger partial charge in [-0.2, -0.15) is 0 Å². The molecule has 0 amide bonds. The zero-order valence-corrected chi connectivity index (χ0v) is 32.4. The van der Waals surface area contributed by atoms with E-state index in [0.29, 0.717) is 0 Å². The highest BCUT2D eigenvalue weighted by Gasteiger charge is 2.49. The maximum atomic E-state index is 5.37. The molecule has 2 heterocycles. The summed E-state index contributed by atoms with van der Waals surface area (Å²) in [6, 6.07) is 58.0. The lowest BCUT2D eigenvalue weighted by Crippen LogP contribution is -2.28. The summed E-state index contributed by atoms with van der Waals surface area (Å²) < 4.78 is 0. The van der Waals surface area contributed by atoms with Gasteiger partial charge in [-0.3, -0.25) is 4.98 Å². The van der Waals surface area contributed by atoms with Crippen molar-refractivity contribution in [1.29, 1.82) is 0 Å². The van der Waals surface area contributed by atoms with Gasteiger partial charge in [-0.25, -0.2) is 4.98 Å². The van der Waals surface area contributed by atoms with Crippen LogP contribution < -0.4 is 0 Å². The van der Waals surface area contributed by atoms with E-state index in [-0.39, 0.29) is 0 Å². The number of pyridine rings is 2. The predicted octanol–water partition coefficient (Wildman–Crippen LogP) is 14.3. The molecule has 0 aliphatic heterocycles. The second-order valence-electron chi connectivity index (χ2n) is 15.9. The molecule has 2 nitrogen and oxygen atoms in total. The van der Waals surface area contributed by atoms with E-state index in [0.717, 1.165) is 45.9 Å². The molecule has 3 aliphatic carbocycles. The molecule has 0 unspecified atom stereocenters. The van der Waals surface area contributed by atoms with Gasteiger partial charge in [-0.1, -0.05) is 176 Å². The van der Waals surface area contributed by atoms with Gasteiger partial charge in [0.15, 0.2) is 0 Å². The van der Waals surface area contributed by atoms with Gasteiger partial charge in [0, 0.05) is 17.0 Å². The minimum atomic E-state index is -0.577. The Labute approximate surface area is 343 Å². The Morgan fingerprint density at radius 3 is 2.00 bits per heavy atom. The first-order valence-corrected chi connectivity index (χ1v) is 20.6. The van der Waals surface area contributed by atoms with Crippen molar-refractivity contribution in [2.24, 2.45) is 0 Å². The molecule has 59 heavy (non-hydrogen) atoms. The lowest BCUT2D eigenvalue weighted by Gasteiger charge is -2.34. The molecule has 0 saturated heterocycles. The van der Waals surface area contributed by atoms with Crippen LogP contribution in [0.3, 0.4) is 0 Å². The molecular weight excluding hydrogens is 713 g/mol. The van der Waals surface area contributed by atoms with E-state index in [1.54, 1.807) is 0 Å². The van der Waals surface area contributed by atoms with E-state index in [4.69, 9.17) is 9.97 Å². The molecule has 3 aliphatic rings. The fraction of sp³-hybridized carbons (Fsp3) is 0.0526. The number of fused-ring (bicyclic) bond motifs is 12. The van der Waals surface area contributed by atoms with Crippen LogP contribution in [0.25, 0.3) is 77.8 Å². The summed E-state index contributed by atoms with van der Waals surface area (Å²) >= 11 is 0. The second kappa shape index (κ2) is 13.3. The SMILES string of the molecule is C1=Cc2c(c3cc(-c4cccc5c4C4=CCC=C(c6ccc7ccc8cccnc8c7n6)C=C4C5(c4ccccc4)c4ccccc4)ccc3c3ccccc23)C=CC1. The quantitative estimate of drug-likeness (QED) is 0.167. The molecule has 2 aromatic heterocycles. The third-order valence-electron chi connectivity index (χ3n) is 12.8. The summed E-state index contributed by atoms with van der Waals surface area (Å²) in [7, 11) is 0. The zero-order chi connectivity index (χ0) is 38.9. The van der Waals surface area contributed by atoms with Crippen LogP contribution in [-0.2, 0) is 5.41 Å². The Kier molecular flexibility index (Phi) is 7.61. The second-order valence-corrected chi connectivity index (χ2v) is 15.9. The Balaban J connectivity index is 1.13. The van der Waals surface area contributed by atoms with Crippen LogP contribution in [0, 0.1) is 0 Å². The molecule has 0 radical (unpaired) electrons. The topological polar surface area (TPSA) is 25.8 Å². The van der Waals surface area contributed by atoms with Gasteiger partial charge in [-0.05, 0) is 120 Å². The van der Waals surface area contributed by atoms with Crippen LogP contribution in [0.5, 0.6) is 0 Å². The van der Waals surface area contributed by atoms with Crippen LogP contribution in [0.1, 0.15) is 51.9 Å². The van der Waals surface area contributed by atoms with E-state index in [2.05, 4.69) is 194 Å². The molecule has 0 fully saturated rings. The van der Waals surface area contributed by atoms with Crippen LogP contribution in [0.15, 0.2) is 200 Å². The number of rotatable bonds is 4. The van der Waals surface area contributed by atoms with Crippen LogP contribution in [0.2, 0.25) is 0 Å². The number of hydrogen-bond donors (Lipinski definition) is 0. The van der Waals surface area contributed by atoms with E-state index >= 15 is 0 Å². The minimum absolute atomic E-state index is 0.577. The van der Waals surface area contributed by atoms with Crippen LogP contribution in [0.4, 0.5) is 0 Å². The summed E-state index contributed by atoms with van der Waals surface area (Å²) in [6.45, 7) is 0. The van der Waals surface area contributed by atoms with Crippen molar-refractivity contribution in [2.45, 2.75) is 18.3 Å². The molecule has 0 saturated carbocycles. The monoisotopic (exact) mass is 750 g/mol. The fourth-order valence-corrected chi connectivity index (χ4v) is 10.2. The average Bonchev–Trinajstić information content (AvgIpc) is 3.52. The van der Waals surface area contributed by atoms with Crippen LogP contribution >= 0.6 is 0 Å². The Morgan fingerprint density at radius 2 is 1.20 bits per heavy atom. The molecule has 12 rings (SSSR count). The fourth-order valence-electron chi connectivity index (χ4n) is 10.2. The number of aromatic nitrogens is 2. The molecule has 0 bridgehead atoms. The Hall–Kier alpha value is -7.42. The first kappa shape index (κ1) is 33.7. The summed E-state index contributed by atoms with van der Waals surface area (Å²) in [5.74, 6) is 0. The summed E-state index contributed by atoms with van der Waals surface area (Å²) in [5.41, 5.74) is 16.0. The van der Waals surface area contributed by atoms with Crippen molar-refractivity contribution in [3.8, 4) is 11.1 Å². The molecule has 0 spiro atoms. The van der Waals surface area contributed by atoms with E-state index < -0.39 is 5.41 Å². The van der Waals surface area contributed by atoms with Gasteiger partial charge in [0.1, 0.15) is 0 Å². The first-order valence-electron chi connectivity index (χ1n) is 20.6. The zero-order valence-electron chi connectivity index (χ0n) is 32.4. The van der Waals surface area contributed by atoms with E-state index in [1.165, 1.54) is 77.2 Å². The summed E-state index contributed by atoms with van der Waals surface area (Å²) in [6.07, 6.45) is 20.0. The average molecular weight is 751 g/mol. The van der Waals surface area contributed by atoms with Crippen molar-refractivity contribution in [2.75, 3.05) is 0 Å². The van der Waals surface area contributed by atoms with Crippen LogP contribution in [-0.4, -0.2) is 9.97 Å². The van der Waals surface area contributed by atoms with Gasteiger partial charge >= 0.3 is 0 Å². The number of allylic oxidation sites excluding steroid dienone is 8. The highest BCUT2D eigenvalue weighted by Crippen LogP contribution is 2.60. The number of hydrogen-bond acceptors (Lipinski definition) is 2. The number of nitrogens with zero attached hydrogens (tertiary/aromatic N) is 2. The summed E-state index contributed by atoms with van der Waals surface area (Å²) in [5, 5.41) is 7.35. The normalized spacial score (nSPS) is 15.3. The highest BCUT2D eigenvalue weighted by atomic mass is 14.8. The lowest BCUT2D eigenvalue weighted by atomic mass is 9.67. The smallest absolute Gasteiger partial charge is 0.0972 e. The number of benzene rings is 7. The van der Waals surface area contributed by atoms with Gasteiger partial charge in [0.2, 0.25) is 0 Å². The summed E-state index contributed by atoms with van der Waals surface area (Å²) in [4.78, 5) is 10.2. The standard InChI is InChI=1S/C57H38N2/c1-4-17-41(18-5-1)57(42-19-6-2-7-20-42)51-27-13-25-43(39-30-32-48-46-24-11-10-23-44(46)45-21-8-3-9-22-47(45)50(48)35-39)54(51)49-26-12-15-40(36-52(49)57)53-33-31-38-29-28-37-16-14-34-58-55(37)56(38)59-53/h1-2,4-11,13-36H,3,12H2. The van der Waals surface area contributed by atoms with Crippen molar-refractivity contribution in [3.63, 3.8) is 0 Å². The molecule has 7 aromatic carbocycles. The molecule has 0 N–H and O–H groups in total. The molecule has 0 atom stereocenters. The van der Waals surface area contributed by atoms with Gasteiger partial charge < -0.3 is 0 Å². The maximum Gasteiger partial charge on any atom is 0.0972 e. The third-order valence-corrected chi connectivity index (χ3v) is 12.8. The third kappa shape index (κ3) is 5.06. The lowest BCUT2D eigenvalue weighted by molar-refractivity contribution is 0.770. The van der Waals surface area contributed by atoms with E-state index in [1.807, 2.05) is 12.3 Å². The van der Waals surface area contributed by atoms with Crippen molar-refractivity contribution < 1.29 is 0 Å². The minimum Gasteiger partial charge on any atom is -0.254 e. The van der Waals surface area contributed by atoms with Gasteiger partial charge in [0.25, 0.3) is 0 Å². The molecule has 9 aromatic rings. The molecule has 2 heteroatoms. The molecular formula is C57H38N2. The Bertz CT molecular complexity index is 3320. The van der Waals surface area contributed by atoms with Crippen molar-refractivity contribution >= 4 is 66.6 Å². The van der Waals surface area contributed by atoms with Crippen molar-refractivity contribution in [3.05, 3.63) is 239 Å². The maximum absolute atomic E-state index is 5.37. The predicted molar refractivity (Wildman–Crippen MR) is 248 cm³/mol. The van der Waals surface area contributed by atoms with Crippen molar-refractivity contribution in [1.82, 2.24) is 9.97 Å². The highest BCUT2D eigenvalue weighted by molar-refractivity contribution is 6.16. The Morgan fingerprint density at radius 1 is 0.508 bits per heavy atom. The van der Waals surface area contributed by atoms with Gasteiger partial charge in [0.05, 0.1) is 22.1 Å². The first-order chi connectivity index (χ1) is 29.3.